The average molecular weight is 368 g/mol. The van der Waals surface area contributed by atoms with Crippen LogP contribution in [-0.2, 0) is 0 Å². The fraction of sp³-hybridized carbons (Fsp3) is 0.950. The summed E-state index contributed by atoms with van der Waals surface area (Å²) in [6, 6.07) is 0. The first-order valence-electron chi connectivity index (χ1n) is 9.83. The minimum Gasteiger partial charge on any atom is -0.249 e. The first kappa shape index (κ1) is 20.9. The molecule has 0 N–H and O–H groups in total. The third-order valence-electron chi connectivity index (χ3n) is 5.43. The molecule has 1 saturated heterocycles. The Labute approximate surface area is 158 Å². The lowest BCUT2D eigenvalue weighted by Crippen LogP contribution is -3.05. The summed E-state index contributed by atoms with van der Waals surface area (Å²) in [6.07, 6.45) is 0.453. The van der Waals surface area contributed by atoms with Crippen molar-refractivity contribution in [2.24, 2.45) is 0 Å². The number of nitrogens with zero attached hydrogens (tertiary/aromatic N) is 4. The molecule has 146 valence electrons. The summed E-state index contributed by atoms with van der Waals surface area (Å²) >= 11 is 0. The van der Waals surface area contributed by atoms with Crippen molar-refractivity contribution in [3.63, 3.8) is 0 Å². The second-order valence-corrected chi connectivity index (χ2v) is 14.9. The van der Waals surface area contributed by atoms with Crippen molar-refractivity contribution in [2.75, 3.05) is 0 Å². The summed E-state index contributed by atoms with van der Waals surface area (Å²) in [5, 5.41) is 0. The summed E-state index contributed by atoms with van der Waals surface area (Å²) in [7, 11) is -2.18. The van der Waals surface area contributed by atoms with Gasteiger partial charge in [-0.3, -0.25) is 0 Å². The zero-order valence-electron chi connectivity index (χ0n) is 19.4. The van der Waals surface area contributed by atoms with Gasteiger partial charge in [0, 0.05) is 18.0 Å². The van der Waals surface area contributed by atoms with Gasteiger partial charge in [0.2, 0.25) is 5.84 Å². The van der Waals surface area contributed by atoms with E-state index in [1.807, 2.05) is 0 Å². The third-order valence-corrected chi connectivity index (χ3v) is 12.0. The van der Waals surface area contributed by atoms with Crippen LogP contribution in [0.15, 0.2) is 0 Å². The van der Waals surface area contributed by atoms with E-state index in [9.17, 15) is 0 Å². The van der Waals surface area contributed by atoms with E-state index in [2.05, 4.69) is 115 Å². The van der Waals surface area contributed by atoms with Crippen LogP contribution in [0.4, 0.5) is 0 Å². The first-order valence-corrected chi connectivity index (χ1v) is 11.6. The molecule has 0 amide bonds. The van der Waals surface area contributed by atoms with Crippen LogP contribution in [0, 0.1) is 0 Å². The minimum atomic E-state index is -2.18. The second-order valence-electron chi connectivity index (χ2n) is 11.9. The molecular weight excluding hydrogens is 324 g/mol. The van der Waals surface area contributed by atoms with E-state index in [-0.39, 0.29) is 22.2 Å². The number of amidine groups is 1. The molecule has 2 aliphatic heterocycles. The maximum absolute atomic E-state index is 2.84. The van der Waals surface area contributed by atoms with Crippen LogP contribution >= 0.6 is 0 Å². The Bertz CT molecular complexity index is 559. The molecule has 0 aromatic heterocycles. The first-order chi connectivity index (χ1) is 10.8. The highest BCUT2D eigenvalue weighted by Crippen LogP contribution is 2.52. The Morgan fingerprint density at radius 3 is 1.32 bits per heavy atom. The van der Waals surface area contributed by atoms with Crippen LogP contribution < -0.4 is 0 Å². The highest BCUT2D eigenvalue weighted by molar-refractivity contribution is 6.73. The highest BCUT2D eigenvalue weighted by Gasteiger charge is 2.88. The molecule has 0 aromatic rings. The van der Waals surface area contributed by atoms with Crippen molar-refractivity contribution in [3.05, 3.63) is 0 Å². The summed E-state index contributed by atoms with van der Waals surface area (Å²) in [5.74, 6) is 1.43. The number of hydrogen-bond acceptors (Lipinski definition) is 3. The molecule has 0 saturated carbocycles. The van der Waals surface area contributed by atoms with Gasteiger partial charge in [0.25, 0.3) is 0 Å². The Balaban J connectivity index is 2.81. The quantitative estimate of drug-likeness (QED) is 0.592. The van der Waals surface area contributed by atoms with Gasteiger partial charge in [0.15, 0.2) is 0 Å². The van der Waals surface area contributed by atoms with Gasteiger partial charge >= 0.3 is 8.72 Å². The normalized spacial score (nSPS) is 30.0. The van der Waals surface area contributed by atoms with Crippen molar-refractivity contribution in [3.8, 4) is 0 Å². The van der Waals surface area contributed by atoms with E-state index >= 15 is 0 Å². The molecule has 4 nitrogen and oxygen atoms in total. The average Bonchev–Trinajstić information content (AvgIpc) is 2.17. The van der Waals surface area contributed by atoms with Gasteiger partial charge in [-0.2, -0.15) is 0 Å². The topological polar surface area (TPSA) is 12.7 Å². The molecule has 5 heteroatoms. The Morgan fingerprint density at radius 2 is 1.08 bits per heavy atom. The third kappa shape index (κ3) is 2.72. The lowest BCUT2D eigenvalue weighted by molar-refractivity contribution is -0.554. The number of rotatable bonds is 0. The van der Waals surface area contributed by atoms with E-state index in [0.717, 1.165) is 0 Å². The molecule has 2 rings (SSSR count). The van der Waals surface area contributed by atoms with E-state index in [0.29, 0.717) is 6.17 Å². The van der Waals surface area contributed by atoms with Crippen molar-refractivity contribution in [2.45, 2.75) is 125 Å². The van der Waals surface area contributed by atoms with Gasteiger partial charge in [0.1, 0.15) is 0 Å². The summed E-state index contributed by atoms with van der Waals surface area (Å²) in [4.78, 5) is 0. The second kappa shape index (κ2) is 5.32. The molecule has 0 radical (unpaired) electrons. The van der Waals surface area contributed by atoms with Gasteiger partial charge in [-0.05, 0) is 90.0 Å². The molecule has 25 heavy (non-hydrogen) atoms. The molecule has 2 heterocycles. The molecule has 0 aliphatic carbocycles. The van der Waals surface area contributed by atoms with Gasteiger partial charge in [0.05, 0.1) is 17.2 Å². The van der Waals surface area contributed by atoms with E-state index in [1.54, 1.807) is 0 Å². The Hall–Kier alpha value is -0.393. The molecule has 1 spiro atoms. The predicted octanol–water partition coefficient (Wildman–Crippen LogP) is 4.33. The van der Waals surface area contributed by atoms with E-state index < -0.39 is 8.72 Å². The van der Waals surface area contributed by atoms with E-state index in [1.165, 1.54) is 5.84 Å². The molecule has 2 aliphatic rings. The fourth-order valence-corrected chi connectivity index (χ4v) is 12.5. The standard InChI is InChI=1S/C20H43N4Si/c1-15-21(17(3,4)5)25(22(15)18(6,7)8)23(19(9,10)11)16(2)24(25)20(12,13)14/h15H,1-14H3/q+1. The SMILES string of the molecule is CC1=[N+](C(C)(C)C)[Si]2(N1C(C)(C)C)N(C(C)(C)C)C(C)N2C(C)(C)C. The molecule has 1 fully saturated rings. The molecule has 0 atom stereocenters. The zero-order valence-corrected chi connectivity index (χ0v) is 20.4. The van der Waals surface area contributed by atoms with Crippen LogP contribution in [0.1, 0.15) is 96.9 Å². The van der Waals surface area contributed by atoms with Crippen LogP contribution in [0.2, 0.25) is 0 Å². The molecule has 0 bridgehead atoms. The smallest absolute Gasteiger partial charge is 0.249 e. The Kier molecular flexibility index (Phi) is 4.45. The highest BCUT2D eigenvalue weighted by atomic mass is 28.4. The lowest BCUT2D eigenvalue weighted by Gasteiger charge is -2.72. The van der Waals surface area contributed by atoms with Crippen LogP contribution in [0.25, 0.3) is 0 Å². The van der Waals surface area contributed by atoms with E-state index in [4.69, 9.17) is 0 Å². The minimum absolute atomic E-state index is 0.116. The Morgan fingerprint density at radius 1 is 0.720 bits per heavy atom. The van der Waals surface area contributed by atoms with Gasteiger partial charge in [-0.15, -0.1) is 0 Å². The maximum Gasteiger partial charge on any atom is 0.665 e. The van der Waals surface area contributed by atoms with Crippen LogP contribution in [-0.4, -0.2) is 60.8 Å². The fourth-order valence-electron chi connectivity index (χ4n) is 5.59. The zero-order chi connectivity index (χ0) is 20.0. The van der Waals surface area contributed by atoms with Crippen LogP contribution in [0.5, 0.6) is 0 Å². The largest absolute Gasteiger partial charge is 0.665 e. The molecule has 0 aromatic carbocycles. The van der Waals surface area contributed by atoms with Crippen LogP contribution in [0.3, 0.4) is 0 Å². The molecular formula is C20H43N4Si+. The monoisotopic (exact) mass is 367 g/mol. The summed E-state index contributed by atoms with van der Waals surface area (Å²) in [6.45, 7) is 33.2. The predicted molar refractivity (Wildman–Crippen MR) is 111 cm³/mol. The maximum atomic E-state index is 2.84. The lowest BCUT2D eigenvalue weighted by atomic mass is 10.1. The van der Waals surface area contributed by atoms with Crippen molar-refractivity contribution in [1.82, 2.24) is 13.7 Å². The summed E-state index contributed by atoms with van der Waals surface area (Å²) < 4.78 is 11.2. The van der Waals surface area contributed by atoms with Crippen molar-refractivity contribution in [1.29, 1.82) is 0 Å². The van der Waals surface area contributed by atoms with Gasteiger partial charge < -0.3 is 0 Å². The summed E-state index contributed by atoms with van der Waals surface area (Å²) in [5.41, 5.74) is 0.512. The molecule has 0 unspecified atom stereocenters. The van der Waals surface area contributed by atoms with Crippen molar-refractivity contribution >= 4 is 14.6 Å². The van der Waals surface area contributed by atoms with Gasteiger partial charge in [-0.1, -0.05) is 0 Å². The number of hydrogen-bond donors (Lipinski definition) is 0. The van der Waals surface area contributed by atoms with Crippen molar-refractivity contribution < 1.29 is 4.24 Å². The van der Waals surface area contributed by atoms with Gasteiger partial charge in [-0.25, -0.2) is 17.9 Å².